The monoisotopic (exact) mass is 297 g/mol. The number of alkyl halides is 3. The molecule has 1 aromatic carbocycles. The summed E-state index contributed by atoms with van der Waals surface area (Å²) in [6, 6.07) is 5.21. The Morgan fingerprint density at radius 3 is 2.62 bits per heavy atom. The molecule has 2 rings (SSSR count). The average Bonchev–Trinajstić information content (AvgIpc) is 2.77. The highest BCUT2D eigenvalue weighted by atomic mass is 19.4. The smallest absolute Gasteiger partial charge is 0.381 e. The molecule has 0 radical (unpaired) electrons. The van der Waals surface area contributed by atoms with Crippen LogP contribution in [0.4, 0.5) is 18.9 Å². The fourth-order valence-corrected chi connectivity index (χ4v) is 2.18. The van der Waals surface area contributed by atoms with Crippen LogP contribution in [0.3, 0.4) is 0 Å². The van der Waals surface area contributed by atoms with E-state index in [0.717, 1.165) is 23.4 Å². The summed E-state index contributed by atoms with van der Waals surface area (Å²) in [4.78, 5) is 0. The maximum absolute atomic E-state index is 12.7. The fourth-order valence-electron chi connectivity index (χ4n) is 2.18. The lowest BCUT2D eigenvalue weighted by Gasteiger charge is -2.11. The Labute approximate surface area is 121 Å². The fraction of sp³-hybridized carbons (Fsp3) is 0.400. The molecule has 0 aliphatic rings. The third-order valence-corrected chi connectivity index (χ3v) is 3.16. The molecular weight excluding hydrogens is 279 g/mol. The summed E-state index contributed by atoms with van der Waals surface area (Å²) in [5, 5.41) is 7.40. The Morgan fingerprint density at radius 2 is 2.00 bits per heavy atom. The van der Waals surface area contributed by atoms with Gasteiger partial charge in [0.15, 0.2) is 0 Å². The summed E-state index contributed by atoms with van der Waals surface area (Å²) in [5.74, 6) is 0.268. The zero-order chi connectivity index (χ0) is 15.6. The van der Waals surface area contributed by atoms with Gasteiger partial charge in [0, 0.05) is 31.0 Å². The van der Waals surface area contributed by atoms with Crippen LogP contribution in [0.5, 0.6) is 0 Å². The molecule has 3 nitrogen and oxygen atoms in total. The van der Waals surface area contributed by atoms with E-state index in [1.807, 2.05) is 27.1 Å². The number of nitrogens with zero attached hydrogens (tertiary/aromatic N) is 2. The molecule has 0 unspecified atom stereocenters. The van der Waals surface area contributed by atoms with Gasteiger partial charge in [-0.2, -0.15) is 18.3 Å². The van der Waals surface area contributed by atoms with Gasteiger partial charge >= 0.3 is 6.18 Å². The number of hydrogen-bond donors (Lipinski definition) is 1. The van der Waals surface area contributed by atoms with Crippen molar-refractivity contribution in [1.29, 1.82) is 0 Å². The van der Waals surface area contributed by atoms with Gasteiger partial charge in [0.2, 0.25) is 0 Å². The van der Waals surface area contributed by atoms with Gasteiger partial charge in [-0.3, -0.25) is 4.68 Å². The largest absolute Gasteiger partial charge is 0.416 e. The second kappa shape index (κ2) is 5.79. The summed E-state index contributed by atoms with van der Waals surface area (Å²) in [7, 11) is 1.83. The lowest BCUT2D eigenvalue weighted by Crippen LogP contribution is -2.07. The van der Waals surface area contributed by atoms with Crippen molar-refractivity contribution in [3.8, 4) is 0 Å². The van der Waals surface area contributed by atoms with Crippen molar-refractivity contribution in [1.82, 2.24) is 9.78 Å². The molecule has 0 amide bonds. The molecule has 21 heavy (non-hydrogen) atoms. The van der Waals surface area contributed by atoms with E-state index in [4.69, 9.17) is 0 Å². The Balaban J connectivity index is 2.14. The van der Waals surface area contributed by atoms with Gasteiger partial charge in [-0.15, -0.1) is 0 Å². The van der Waals surface area contributed by atoms with E-state index < -0.39 is 11.7 Å². The van der Waals surface area contributed by atoms with Crippen molar-refractivity contribution in [2.75, 3.05) is 5.32 Å². The van der Waals surface area contributed by atoms with Gasteiger partial charge in [0.25, 0.3) is 0 Å². The van der Waals surface area contributed by atoms with E-state index in [1.165, 1.54) is 6.07 Å². The van der Waals surface area contributed by atoms with Crippen molar-refractivity contribution in [3.05, 3.63) is 47.3 Å². The van der Waals surface area contributed by atoms with Crippen LogP contribution in [0.2, 0.25) is 0 Å². The molecule has 1 N–H and O–H groups in total. The first-order valence-corrected chi connectivity index (χ1v) is 6.71. The van der Waals surface area contributed by atoms with Crippen molar-refractivity contribution in [2.24, 2.45) is 7.05 Å². The standard InChI is InChI=1S/C15H18F3N3/c1-10(2)14-11(9-21(3)20-14)8-19-13-6-4-5-12(7-13)15(16,17)18/h4-7,9-10,19H,8H2,1-3H3. The molecule has 0 saturated heterocycles. The van der Waals surface area contributed by atoms with Crippen LogP contribution in [0.15, 0.2) is 30.5 Å². The second-order valence-corrected chi connectivity index (χ2v) is 5.30. The van der Waals surface area contributed by atoms with Crippen LogP contribution in [0.1, 0.15) is 36.6 Å². The van der Waals surface area contributed by atoms with Crippen LogP contribution >= 0.6 is 0 Å². The van der Waals surface area contributed by atoms with Crippen LogP contribution in [-0.2, 0) is 19.8 Å². The third-order valence-electron chi connectivity index (χ3n) is 3.16. The van der Waals surface area contributed by atoms with Crippen LogP contribution in [0.25, 0.3) is 0 Å². The Hall–Kier alpha value is -1.98. The van der Waals surface area contributed by atoms with Gasteiger partial charge in [0.05, 0.1) is 11.3 Å². The zero-order valence-corrected chi connectivity index (χ0v) is 12.2. The quantitative estimate of drug-likeness (QED) is 0.917. The van der Waals surface area contributed by atoms with Crippen molar-refractivity contribution < 1.29 is 13.2 Å². The topological polar surface area (TPSA) is 29.9 Å². The predicted molar refractivity (Wildman–Crippen MR) is 76.1 cm³/mol. The number of aromatic nitrogens is 2. The molecule has 0 atom stereocenters. The maximum Gasteiger partial charge on any atom is 0.416 e. The number of hydrogen-bond acceptors (Lipinski definition) is 2. The molecule has 114 valence electrons. The van der Waals surface area contributed by atoms with E-state index in [0.29, 0.717) is 12.2 Å². The lowest BCUT2D eigenvalue weighted by molar-refractivity contribution is -0.137. The van der Waals surface area contributed by atoms with Gasteiger partial charge in [0.1, 0.15) is 0 Å². The number of rotatable bonds is 4. The molecule has 0 saturated carbocycles. The van der Waals surface area contributed by atoms with Crippen molar-refractivity contribution in [2.45, 2.75) is 32.5 Å². The first-order chi connectivity index (χ1) is 9.77. The molecule has 6 heteroatoms. The second-order valence-electron chi connectivity index (χ2n) is 5.30. The minimum atomic E-state index is -4.32. The molecule has 0 aliphatic carbocycles. The molecule has 1 heterocycles. The van der Waals surface area contributed by atoms with Crippen LogP contribution in [0, 0.1) is 0 Å². The molecular formula is C15H18F3N3. The highest BCUT2D eigenvalue weighted by Gasteiger charge is 2.30. The number of halogens is 3. The highest BCUT2D eigenvalue weighted by Crippen LogP contribution is 2.30. The summed E-state index contributed by atoms with van der Waals surface area (Å²) in [6.45, 7) is 4.52. The molecule has 2 aromatic rings. The molecule has 0 spiro atoms. The van der Waals surface area contributed by atoms with Gasteiger partial charge < -0.3 is 5.32 Å². The van der Waals surface area contributed by atoms with Crippen molar-refractivity contribution >= 4 is 5.69 Å². The number of aryl methyl sites for hydroxylation is 1. The predicted octanol–water partition coefficient (Wildman–Crippen LogP) is 4.17. The minimum absolute atomic E-state index is 0.268. The molecule has 1 aromatic heterocycles. The zero-order valence-electron chi connectivity index (χ0n) is 12.2. The van der Waals surface area contributed by atoms with Gasteiger partial charge in [-0.05, 0) is 24.1 Å². The van der Waals surface area contributed by atoms with E-state index in [9.17, 15) is 13.2 Å². The number of benzene rings is 1. The van der Waals surface area contributed by atoms with E-state index in [2.05, 4.69) is 10.4 Å². The SMILES string of the molecule is CC(C)c1nn(C)cc1CNc1cccc(C(F)(F)F)c1. The Kier molecular flexibility index (Phi) is 4.25. The molecule has 0 fully saturated rings. The van der Waals surface area contributed by atoms with Gasteiger partial charge in [-0.1, -0.05) is 19.9 Å². The lowest BCUT2D eigenvalue weighted by atomic mass is 10.1. The highest BCUT2D eigenvalue weighted by molar-refractivity contribution is 5.47. The van der Waals surface area contributed by atoms with Crippen molar-refractivity contribution in [3.63, 3.8) is 0 Å². The first-order valence-electron chi connectivity index (χ1n) is 6.71. The first kappa shape index (κ1) is 15.4. The van der Waals surface area contributed by atoms with E-state index >= 15 is 0 Å². The summed E-state index contributed by atoms with van der Waals surface area (Å²) in [6.07, 6.45) is -2.44. The average molecular weight is 297 g/mol. The van der Waals surface area contributed by atoms with Crippen LogP contribution in [-0.4, -0.2) is 9.78 Å². The minimum Gasteiger partial charge on any atom is -0.381 e. The third kappa shape index (κ3) is 3.77. The van der Waals surface area contributed by atoms with E-state index in [-0.39, 0.29) is 5.92 Å². The van der Waals surface area contributed by atoms with Crippen LogP contribution < -0.4 is 5.32 Å². The molecule has 0 aliphatic heterocycles. The molecule has 0 bridgehead atoms. The van der Waals surface area contributed by atoms with E-state index in [1.54, 1.807) is 10.7 Å². The summed E-state index contributed by atoms with van der Waals surface area (Å²) >= 11 is 0. The van der Waals surface area contributed by atoms with Gasteiger partial charge in [-0.25, -0.2) is 0 Å². The Bertz CT molecular complexity index is 615. The Morgan fingerprint density at radius 1 is 1.29 bits per heavy atom. The summed E-state index contributed by atoms with van der Waals surface area (Å²) < 4.78 is 39.7. The normalized spacial score (nSPS) is 12.0. The summed E-state index contributed by atoms with van der Waals surface area (Å²) in [5.41, 5.74) is 1.74. The number of nitrogens with one attached hydrogen (secondary N) is 1. The number of anilines is 1. The maximum atomic E-state index is 12.7.